The molecule has 3 aliphatic rings. The fraction of sp³-hybridized carbons (Fsp3) is 0.901. The van der Waals surface area contributed by atoms with Crippen LogP contribution in [0.3, 0.4) is 0 Å². The first-order valence-corrected chi connectivity index (χ1v) is 38.6. The van der Waals surface area contributed by atoms with Crippen molar-refractivity contribution in [3.63, 3.8) is 0 Å². The first kappa shape index (κ1) is 87.7. The van der Waals surface area contributed by atoms with Crippen molar-refractivity contribution in [1.29, 1.82) is 0 Å². The molecule has 0 aromatic rings. The van der Waals surface area contributed by atoms with Crippen LogP contribution in [-0.4, -0.2) is 204 Å². The molecule has 2 saturated heterocycles. The van der Waals surface area contributed by atoms with E-state index in [1.807, 2.05) is 0 Å². The molecule has 562 valence electrons. The largest absolute Gasteiger partial charge is 0.472 e. The van der Waals surface area contributed by atoms with Crippen molar-refractivity contribution in [2.45, 2.75) is 382 Å². The summed E-state index contributed by atoms with van der Waals surface area (Å²) in [6.07, 6.45) is 12.6. The average Bonchev–Trinajstić information content (AvgIpc) is 0.767. The van der Waals surface area contributed by atoms with E-state index in [0.29, 0.717) is 25.7 Å². The first-order chi connectivity index (χ1) is 46.3. The fourth-order valence-electron chi connectivity index (χ4n) is 12.1. The number of carbonyl (C=O) groups is 3. The molecule has 3 fully saturated rings. The van der Waals surface area contributed by atoms with E-state index < -0.39 is 156 Å². The Morgan fingerprint density at radius 3 is 1.14 bits per heavy atom. The Bertz CT molecular complexity index is 2090. The average molecular weight is 1400 g/mol. The molecule has 1 aliphatic carbocycles. The number of aliphatic hydroxyl groups is 10. The summed E-state index contributed by atoms with van der Waals surface area (Å²) in [4.78, 5) is 50.9. The Labute approximate surface area is 573 Å². The minimum absolute atomic E-state index is 0.0221. The number of phosphoric acid groups is 1. The number of hydrogen-bond acceptors (Lipinski definition) is 23. The van der Waals surface area contributed by atoms with Crippen LogP contribution in [0.25, 0.3) is 0 Å². The zero-order valence-electron chi connectivity index (χ0n) is 58.4. The van der Waals surface area contributed by atoms with Gasteiger partial charge in [0.25, 0.3) is 0 Å². The van der Waals surface area contributed by atoms with Crippen molar-refractivity contribution in [3.05, 3.63) is 24.3 Å². The molecule has 0 aromatic heterocycles. The first-order valence-electron chi connectivity index (χ1n) is 37.1. The number of hydrogen-bond donors (Lipinski definition) is 11. The highest BCUT2D eigenvalue weighted by Crippen LogP contribution is 2.49. The van der Waals surface area contributed by atoms with Crippen LogP contribution in [0.5, 0.6) is 0 Å². The molecule has 0 aromatic carbocycles. The van der Waals surface area contributed by atoms with Crippen LogP contribution < -0.4 is 0 Å². The lowest BCUT2D eigenvalue weighted by Crippen LogP contribution is -2.69. The van der Waals surface area contributed by atoms with Crippen LogP contribution in [0.15, 0.2) is 24.3 Å². The smallest absolute Gasteiger partial charge is 0.463 e. The van der Waals surface area contributed by atoms with Gasteiger partial charge in [-0.05, 0) is 70.6 Å². The summed E-state index contributed by atoms with van der Waals surface area (Å²) in [6, 6.07) is 0. The topological polar surface area (TPSA) is 374 Å². The number of unbranched alkanes of at least 4 members (excludes halogenated alkanes) is 32. The lowest BCUT2D eigenvalue weighted by Gasteiger charge is -2.49. The van der Waals surface area contributed by atoms with Gasteiger partial charge in [-0.25, -0.2) is 4.57 Å². The predicted octanol–water partition coefficient (Wildman–Crippen LogP) is 9.74. The number of allylic oxidation sites excluding steroid dienone is 4. The van der Waals surface area contributed by atoms with Gasteiger partial charge < -0.3 is 89.1 Å². The van der Waals surface area contributed by atoms with Gasteiger partial charge >= 0.3 is 25.7 Å². The van der Waals surface area contributed by atoms with Gasteiger partial charge in [-0.2, -0.15) is 0 Å². The van der Waals surface area contributed by atoms with Gasteiger partial charge in [0.15, 0.2) is 18.7 Å². The molecular weight excluding hydrogens is 1270 g/mol. The molecular formula is C71H129O24P. The van der Waals surface area contributed by atoms with Gasteiger partial charge in [0.05, 0.1) is 13.2 Å². The molecule has 2 heterocycles. The molecule has 11 N–H and O–H groups in total. The molecule has 18 unspecified atom stereocenters. The lowest BCUT2D eigenvalue weighted by molar-refractivity contribution is -0.360. The Morgan fingerprint density at radius 1 is 0.396 bits per heavy atom. The third-order valence-electron chi connectivity index (χ3n) is 18.2. The summed E-state index contributed by atoms with van der Waals surface area (Å²) >= 11 is 0. The van der Waals surface area contributed by atoms with Crippen LogP contribution in [0, 0.1) is 0 Å². The highest BCUT2D eigenvalue weighted by molar-refractivity contribution is 7.47. The molecule has 2 aliphatic heterocycles. The fourth-order valence-corrected chi connectivity index (χ4v) is 13.1. The van der Waals surface area contributed by atoms with Crippen LogP contribution in [0.2, 0.25) is 0 Å². The van der Waals surface area contributed by atoms with Gasteiger partial charge in [0.2, 0.25) is 0 Å². The van der Waals surface area contributed by atoms with Crippen LogP contribution in [0.4, 0.5) is 0 Å². The van der Waals surface area contributed by atoms with Gasteiger partial charge in [-0.1, -0.05) is 212 Å². The quantitative estimate of drug-likeness (QED) is 0.00886. The van der Waals surface area contributed by atoms with Crippen molar-refractivity contribution < 1.29 is 117 Å². The van der Waals surface area contributed by atoms with E-state index in [9.17, 15) is 74.9 Å². The maximum atomic E-state index is 14.3. The summed E-state index contributed by atoms with van der Waals surface area (Å²) in [5.74, 6) is -2.03. The number of ether oxygens (including phenoxy) is 7. The Kier molecular flexibility index (Phi) is 48.7. The van der Waals surface area contributed by atoms with E-state index in [4.69, 9.17) is 42.2 Å². The molecule has 18 atom stereocenters. The highest BCUT2D eigenvalue weighted by Gasteiger charge is 2.58. The van der Waals surface area contributed by atoms with E-state index in [2.05, 4.69) is 45.1 Å². The van der Waals surface area contributed by atoms with E-state index in [1.54, 1.807) is 0 Å². The van der Waals surface area contributed by atoms with Gasteiger partial charge in [0.1, 0.15) is 98.7 Å². The van der Waals surface area contributed by atoms with E-state index in [0.717, 1.165) is 89.9 Å². The third-order valence-corrected chi connectivity index (χ3v) is 19.2. The maximum Gasteiger partial charge on any atom is 0.472 e. The summed E-state index contributed by atoms with van der Waals surface area (Å²) in [5, 5.41) is 110. The molecule has 25 heteroatoms. The third kappa shape index (κ3) is 36.4. The lowest BCUT2D eigenvalue weighted by atomic mass is 9.84. The zero-order chi connectivity index (χ0) is 70.4. The van der Waals surface area contributed by atoms with Crippen molar-refractivity contribution >= 4 is 25.7 Å². The van der Waals surface area contributed by atoms with E-state index in [1.165, 1.54) is 122 Å². The van der Waals surface area contributed by atoms with Gasteiger partial charge in [-0.15, -0.1) is 0 Å². The normalized spacial score (nSPS) is 28.1. The van der Waals surface area contributed by atoms with Crippen molar-refractivity contribution in [1.82, 2.24) is 0 Å². The van der Waals surface area contributed by atoms with Crippen molar-refractivity contribution in [3.8, 4) is 0 Å². The molecule has 0 radical (unpaired) electrons. The molecule has 24 nitrogen and oxygen atoms in total. The van der Waals surface area contributed by atoms with E-state index in [-0.39, 0.29) is 19.3 Å². The summed E-state index contributed by atoms with van der Waals surface area (Å²) < 4.78 is 64.9. The van der Waals surface area contributed by atoms with Crippen LogP contribution in [-0.2, 0) is 61.2 Å². The predicted molar refractivity (Wildman–Crippen MR) is 361 cm³/mol. The Morgan fingerprint density at radius 2 is 0.729 bits per heavy atom. The number of esters is 3. The second-order valence-corrected chi connectivity index (χ2v) is 28.1. The Balaban J connectivity index is 1.74. The SMILES string of the molecule is CCCCCCCC/C=C\CCCCCC(=O)OCC(COP(=O)(O)OC1C(OC2OC(CO)C(O)C(O)C2O)C(O)C(O)C(O)C1OC1OC(COC(=O)CCCCCCCCCCCCCCCCC)C(O)C(O)C1O)OC(=O)CCCCC/C=C\CCCCCCCC. The minimum Gasteiger partial charge on any atom is -0.463 e. The molecule has 0 spiro atoms. The monoisotopic (exact) mass is 1400 g/mol. The van der Waals surface area contributed by atoms with Gasteiger partial charge in [-0.3, -0.25) is 23.4 Å². The maximum absolute atomic E-state index is 14.3. The summed E-state index contributed by atoms with van der Waals surface area (Å²) in [6.45, 7) is 3.39. The molecule has 3 rings (SSSR count). The van der Waals surface area contributed by atoms with E-state index >= 15 is 0 Å². The van der Waals surface area contributed by atoms with Crippen LogP contribution in [0.1, 0.15) is 278 Å². The molecule has 96 heavy (non-hydrogen) atoms. The van der Waals surface area contributed by atoms with Crippen molar-refractivity contribution in [2.24, 2.45) is 0 Å². The summed E-state index contributed by atoms with van der Waals surface area (Å²) in [7, 11) is -5.70. The highest BCUT2D eigenvalue weighted by atomic mass is 31.2. The second kappa shape index (κ2) is 53.3. The summed E-state index contributed by atoms with van der Waals surface area (Å²) in [5.41, 5.74) is 0. The standard InChI is InChI=1S/C71H129O24P/c1-4-7-10-13-16-19-22-25-26-29-31-34-37-40-43-46-56(74)88-51-54-59(77)61(79)66(84)71(92-54)94-68-64(82)62(80)63(81)67(93-70-65(83)60(78)58(76)53(48-72)91-70)69(68)95-96(85,86)89-50-52(90-57(75)47-44-41-38-35-32-28-24-21-18-15-12-9-6-3)49-87-55(73)45-42-39-36-33-30-27-23-20-17-14-11-8-5-2/h27-28,30,32,52-54,58-72,76-84H,4-26,29,31,33-51H2,1-3H3,(H,85,86)/b30-27-,32-28-. The molecule has 0 bridgehead atoms. The van der Waals surface area contributed by atoms with Crippen LogP contribution >= 0.6 is 7.82 Å². The number of aliphatic hydroxyl groups excluding tert-OH is 10. The van der Waals surface area contributed by atoms with Crippen molar-refractivity contribution in [2.75, 3.05) is 26.4 Å². The number of phosphoric ester groups is 1. The molecule has 0 amide bonds. The second-order valence-electron chi connectivity index (χ2n) is 26.7. The van der Waals surface area contributed by atoms with Gasteiger partial charge in [0, 0.05) is 19.3 Å². The number of carbonyl (C=O) groups excluding carboxylic acids is 3. The minimum atomic E-state index is -5.70. The Hall–Kier alpha value is -2.56. The molecule has 1 saturated carbocycles. The number of rotatable bonds is 57. The zero-order valence-corrected chi connectivity index (χ0v) is 59.3.